The molecular formula is C17H22N4O. The summed E-state index contributed by atoms with van der Waals surface area (Å²) in [7, 11) is 1.81. The lowest BCUT2D eigenvalue weighted by Crippen LogP contribution is -2.28. The summed E-state index contributed by atoms with van der Waals surface area (Å²) in [5, 5.41) is 3.26. The summed E-state index contributed by atoms with van der Waals surface area (Å²) in [4.78, 5) is 22.2. The molecule has 0 aliphatic rings. The maximum atomic E-state index is 12.2. The zero-order chi connectivity index (χ0) is 15.8. The van der Waals surface area contributed by atoms with Crippen LogP contribution < -0.4 is 5.32 Å². The molecule has 116 valence electrons. The quantitative estimate of drug-likeness (QED) is 0.854. The highest BCUT2D eigenvalue weighted by Crippen LogP contribution is 2.10. The molecule has 2 heterocycles. The number of hydrogen-bond donors (Lipinski definition) is 1. The van der Waals surface area contributed by atoms with Gasteiger partial charge in [0.2, 0.25) is 0 Å². The van der Waals surface area contributed by atoms with Crippen LogP contribution in [0.3, 0.4) is 0 Å². The number of unbranched alkanes of at least 4 members (excludes halogenated alkanes) is 1. The molecule has 1 amide bonds. The van der Waals surface area contributed by atoms with Gasteiger partial charge >= 0.3 is 0 Å². The van der Waals surface area contributed by atoms with Crippen molar-refractivity contribution in [3.8, 4) is 0 Å². The Kier molecular flexibility index (Phi) is 5.89. The van der Waals surface area contributed by atoms with E-state index in [2.05, 4.69) is 22.2 Å². The fourth-order valence-corrected chi connectivity index (χ4v) is 2.02. The first-order valence-electron chi connectivity index (χ1n) is 7.55. The Hall–Kier alpha value is -2.43. The number of carbonyl (C=O) groups is 1. The molecule has 1 N–H and O–H groups in total. The van der Waals surface area contributed by atoms with Crippen LogP contribution in [-0.4, -0.2) is 34.4 Å². The van der Waals surface area contributed by atoms with E-state index in [1.165, 1.54) is 0 Å². The lowest BCUT2D eigenvalue weighted by Gasteiger charge is -2.16. The minimum Gasteiger partial charge on any atom is -0.380 e. The predicted octanol–water partition coefficient (Wildman–Crippen LogP) is 2.96. The Balaban J connectivity index is 1.91. The number of nitrogens with zero attached hydrogens (tertiary/aromatic N) is 3. The summed E-state index contributed by atoms with van der Waals surface area (Å²) in [6.45, 7) is 3.55. The van der Waals surface area contributed by atoms with E-state index in [1.54, 1.807) is 23.4 Å². The van der Waals surface area contributed by atoms with Gasteiger partial charge in [-0.25, -0.2) is 4.98 Å². The van der Waals surface area contributed by atoms with Crippen LogP contribution in [0.25, 0.3) is 0 Å². The van der Waals surface area contributed by atoms with Gasteiger partial charge in [-0.3, -0.25) is 9.78 Å². The second kappa shape index (κ2) is 8.12. The highest BCUT2D eigenvalue weighted by Gasteiger charge is 2.12. The molecule has 0 saturated heterocycles. The monoisotopic (exact) mass is 298 g/mol. The number of aromatic nitrogens is 2. The maximum Gasteiger partial charge on any atom is 0.272 e. The van der Waals surface area contributed by atoms with E-state index < -0.39 is 0 Å². The normalized spacial score (nSPS) is 10.3. The Bertz CT molecular complexity index is 583. The molecule has 22 heavy (non-hydrogen) atoms. The number of anilines is 1. The van der Waals surface area contributed by atoms with Crippen molar-refractivity contribution < 1.29 is 4.79 Å². The molecule has 2 rings (SSSR count). The first kappa shape index (κ1) is 15.9. The molecule has 0 unspecified atom stereocenters. The van der Waals surface area contributed by atoms with Gasteiger partial charge in [-0.2, -0.15) is 0 Å². The summed E-state index contributed by atoms with van der Waals surface area (Å²) in [6.07, 6.45) is 7.34. The molecule has 0 spiro atoms. The van der Waals surface area contributed by atoms with Crippen molar-refractivity contribution in [3.63, 3.8) is 0 Å². The summed E-state index contributed by atoms with van der Waals surface area (Å²) in [6, 6.07) is 7.55. The highest BCUT2D eigenvalue weighted by molar-refractivity contribution is 5.92. The van der Waals surface area contributed by atoms with E-state index in [4.69, 9.17) is 0 Å². The Morgan fingerprint density at radius 1 is 1.27 bits per heavy atom. The molecule has 0 fully saturated rings. The third kappa shape index (κ3) is 4.55. The van der Waals surface area contributed by atoms with Crippen molar-refractivity contribution in [1.29, 1.82) is 0 Å². The van der Waals surface area contributed by atoms with E-state index in [1.807, 2.05) is 31.4 Å². The Morgan fingerprint density at radius 2 is 2.14 bits per heavy atom. The molecule has 0 aliphatic carbocycles. The molecule has 5 nitrogen and oxygen atoms in total. The standard InChI is InChI=1S/C17H22N4O/c1-3-4-10-21(2)17(22)16-8-7-15(13-20-16)19-12-14-6-5-9-18-11-14/h5-9,11,13,19H,3-4,10,12H2,1-2H3. The SMILES string of the molecule is CCCCN(C)C(=O)c1ccc(NCc2cccnc2)cn1. The predicted molar refractivity (Wildman–Crippen MR) is 87.7 cm³/mol. The molecule has 0 atom stereocenters. The number of hydrogen-bond acceptors (Lipinski definition) is 4. The third-order valence-corrected chi connectivity index (χ3v) is 3.40. The minimum atomic E-state index is -0.0349. The second-order valence-electron chi connectivity index (χ2n) is 5.23. The van der Waals surface area contributed by atoms with E-state index in [0.29, 0.717) is 12.2 Å². The average molecular weight is 298 g/mol. The van der Waals surface area contributed by atoms with Gasteiger partial charge in [0.25, 0.3) is 5.91 Å². The molecule has 2 aromatic heterocycles. The van der Waals surface area contributed by atoms with Gasteiger partial charge in [-0.05, 0) is 30.2 Å². The van der Waals surface area contributed by atoms with E-state index >= 15 is 0 Å². The van der Waals surface area contributed by atoms with E-state index in [0.717, 1.165) is 30.6 Å². The smallest absolute Gasteiger partial charge is 0.272 e. The van der Waals surface area contributed by atoms with Crippen LogP contribution in [0.15, 0.2) is 42.9 Å². The Labute approximate surface area is 131 Å². The van der Waals surface area contributed by atoms with E-state index in [9.17, 15) is 4.79 Å². The summed E-state index contributed by atoms with van der Waals surface area (Å²) in [5.74, 6) is -0.0349. The van der Waals surface area contributed by atoms with E-state index in [-0.39, 0.29) is 5.91 Å². The molecule has 5 heteroatoms. The van der Waals surface area contributed by atoms with Crippen molar-refractivity contribution in [2.24, 2.45) is 0 Å². The number of rotatable bonds is 7. The van der Waals surface area contributed by atoms with Gasteiger partial charge in [-0.15, -0.1) is 0 Å². The van der Waals surface area contributed by atoms with Crippen LogP contribution in [0.1, 0.15) is 35.8 Å². The number of pyridine rings is 2. The third-order valence-electron chi connectivity index (χ3n) is 3.40. The van der Waals surface area contributed by atoms with Gasteiger partial charge < -0.3 is 10.2 Å². The van der Waals surface area contributed by atoms with Gasteiger partial charge in [0.1, 0.15) is 5.69 Å². The second-order valence-corrected chi connectivity index (χ2v) is 5.23. The maximum absolute atomic E-state index is 12.2. The lowest BCUT2D eigenvalue weighted by atomic mass is 10.2. The first-order valence-corrected chi connectivity index (χ1v) is 7.55. The van der Waals surface area contributed by atoms with Crippen molar-refractivity contribution in [3.05, 3.63) is 54.1 Å². The van der Waals surface area contributed by atoms with Crippen molar-refractivity contribution in [1.82, 2.24) is 14.9 Å². The van der Waals surface area contributed by atoms with Gasteiger partial charge in [-0.1, -0.05) is 19.4 Å². The van der Waals surface area contributed by atoms with Crippen molar-refractivity contribution >= 4 is 11.6 Å². The summed E-state index contributed by atoms with van der Waals surface area (Å²) in [5.41, 5.74) is 2.46. The van der Waals surface area contributed by atoms with Crippen LogP contribution in [-0.2, 0) is 6.54 Å². The summed E-state index contributed by atoms with van der Waals surface area (Å²) >= 11 is 0. The first-order chi connectivity index (χ1) is 10.7. The molecular weight excluding hydrogens is 276 g/mol. The van der Waals surface area contributed by atoms with Gasteiger partial charge in [0, 0.05) is 32.5 Å². The fourth-order valence-electron chi connectivity index (χ4n) is 2.02. The molecule has 0 aromatic carbocycles. The average Bonchev–Trinajstić information content (AvgIpc) is 2.58. The van der Waals surface area contributed by atoms with Crippen LogP contribution in [0, 0.1) is 0 Å². The molecule has 0 aliphatic heterocycles. The van der Waals surface area contributed by atoms with Gasteiger partial charge in [0.15, 0.2) is 0 Å². The van der Waals surface area contributed by atoms with Crippen LogP contribution in [0.4, 0.5) is 5.69 Å². The summed E-state index contributed by atoms with van der Waals surface area (Å²) < 4.78 is 0. The lowest BCUT2D eigenvalue weighted by molar-refractivity contribution is 0.0787. The van der Waals surface area contributed by atoms with Crippen molar-refractivity contribution in [2.75, 3.05) is 18.9 Å². The number of nitrogens with one attached hydrogen (secondary N) is 1. The van der Waals surface area contributed by atoms with Crippen molar-refractivity contribution in [2.45, 2.75) is 26.3 Å². The minimum absolute atomic E-state index is 0.0349. The zero-order valence-corrected chi connectivity index (χ0v) is 13.1. The van der Waals surface area contributed by atoms with Crippen LogP contribution in [0.2, 0.25) is 0 Å². The number of amides is 1. The fraction of sp³-hybridized carbons (Fsp3) is 0.353. The molecule has 0 bridgehead atoms. The van der Waals surface area contributed by atoms with Crippen LogP contribution >= 0.6 is 0 Å². The largest absolute Gasteiger partial charge is 0.380 e. The molecule has 2 aromatic rings. The number of carbonyl (C=O) groups excluding carboxylic acids is 1. The molecule has 0 saturated carbocycles. The Morgan fingerprint density at radius 3 is 2.77 bits per heavy atom. The van der Waals surface area contributed by atoms with Crippen LogP contribution in [0.5, 0.6) is 0 Å². The topological polar surface area (TPSA) is 58.1 Å². The highest BCUT2D eigenvalue weighted by atomic mass is 16.2. The van der Waals surface area contributed by atoms with Gasteiger partial charge in [0.05, 0.1) is 11.9 Å². The zero-order valence-electron chi connectivity index (χ0n) is 13.1. The molecule has 0 radical (unpaired) electrons.